The Bertz CT molecular complexity index is 1120. The van der Waals surface area contributed by atoms with E-state index in [-0.39, 0.29) is 5.91 Å². The van der Waals surface area contributed by atoms with Crippen LogP contribution in [0.1, 0.15) is 27.0 Å². The molecule has 1 aliphatic rings. The average molecular weight is 504 g/mol. The number of carbonyl (C=O) groups excluding carboxylic acids is 1. The molecule has 1 saturated heterocycles. The van der Waals surface area contributed by atoms with Gasteiger partial charge in [0.05, 0.1) is 5.02 Å². The predicted octanol–water partition coefficient (Wildman–Crippen LogP) is 6.49. The maximum Gasteiger partial charge on any atom is 0.253 e. The predicted molar refractivity (Wildman–Crippen MR) is 135 cm³/mol. The molecule has 33 heavy (non-hydrogen) atoms. The number of amides is 1. The van der Waals surface area contributed by atoms with Crippen LogP contribution >= 0.6 is 34.8 Å². The minimum absolute atomic E-state index is 0.0286. The second-order valence-corrected chi connectivity index (χ2v) is 9.41. The first-order valence-corrected chi connectivity index (χ1v) is 12.0. The minimum Gasteiger partial charge on any atom is -0.487 e. The van der Waals surface area contributed by atoms with Gasteiger partial charge in [0.1, 0.15) is 12.4 Å². The second kappa shape index (κ2) is 10.8. The van der Waals surface area contributed by atoms with Crippen LogP contribution in [-0.4, -0.2) is 41.9 Å². The highest BCUT2D eigenvalue weighted by Gasteiger charge is 2.23. The highest BCUT2D eigenvalue weighted by atomic mass is 35.5. The van der Waals surface area contributed by atoms with Gasteiger partial charge in [0.15, 0.2) is 0 Å². The highest BCUT2D eigenvalue weighted by Crippen LogP contribution is 2.27. The van der Waals surface area contributed by atoms with Crippen LogP contribution in [-0.2, 0) is 13.2 Å². The lowest BCUT2D eigenvalue weighted by Crippen LogP contribution is -2.48. The van der Waals surface area contributed by atoms with Gasteiger partial charge in [0, 0.05) is 53.9 Å². The van der Waals surface area contributed by atoms with Crippen molar-refractivity contribution in [2.24, 2.45) is 0 Å². The summed E-state index contributed by atoms with van der Waals surface area (Å²) in [6.45, 7) is 5.85. The lowest BCUT2D eigenvalue weighted by Gasteiger charge is -2.35. The maximum absolute atomic E-state index is 13.1. The smallest absolute Gasteiger partial charge is 0.253 e. The molecule has 0 aromatic heterocycles. The van der Waals surface area contributed by atoms with E-state index >= 15 is 0 Å². The molecule has 1 fully saturated rings. The summed E-state index contributed by atoms with van der Waals surface area (Å²) in [6, 6.07) is 18.8. The molecule has 3 aromatic carbocycles. The van der Waals surface area contributed by atoms with Crippen molar-refractivity contribution >= 4 is 40.7 Å². The van der Waals surface area contributed by atoms with E-state index in [1.54, 1.807) is 0 Å². The lowest BCUT2D eigenvalue weighted by molar-refractivity contribution is 0.0628. The molecule has 3 aromatic rings. The fourth-order valence-corrected chi connectivity index (χ4v) is 4.56. The third kappa shape index (κ3) is 6.01. The van der Waals surface area contributed by atoms with Gasteiger partial charge in [-0.25, -0.2) is 0 Å². The van der Waals surface area contributed by atoms with E-state index in [9.17, 15) is 4.79 Å². The minimum atomic E-state index is 0.0286. The van der Waals surface area contributed by atoms with Crippen molar-refractivity contribution in [1.82, 2.24) is 9.80 Å². The number of ether oxygens (including phenoxy) is 1. The number of nitrogens with zero attached hydrogens (tertiary/aromatic N) is 2. The molecule has 0 atom stereocenters. The zero-order valence-corrected chi connectivity index (χ0v) is 20.6. The number of hydrogen-bond acceptors (Lipinski definition) is 3. The number of halogens is 3. The molecule has 1 aliphatic heterocycles. The van der Waals surface area contributed by atoms with E-state index in [1.807, 2.05) is 72.5 Å². The lowest BCUT2D eigenvalue weighted by atomic mass is 10.1. The number of piperazine rings is 1. The van der Waals surface area contributed by atoms with Crippen molar-refractivity contribution in [1.29, 1.82) is 0 Å². The molecule has 0 N–H and O–H groups in total. The Morgan fingerprint density at radius 2 is 1.58 bits per heavy atom. The molecule has 0 bridgehead atoms. The molecule has 1 amide bonds. The van der Waals surface area contributed by atoms with Crippen molar-refractivity contribution < 1.29 is 9.53 Å². The first-order chi connectivity index (χ1) is 15.9. The molecule has 4 rings (SSSR count). The van der Waals surface area contributed by atoms with Gasteiger partial charge < -0.3 is 9.64 Å². The summed E-state index contributed by atoms with van der Waals surface area (Å²) in [5.41, 5.74) is 3.59. The third-order valence-electron chi connectivity index (χ3n) is 5.76. The molecule has 172 valence electrons. The summed E-state index contributed by atoms with van der Waals surface area (Å²) in [6.07, 6.45) is 0. The van der Waals surface area contributed by atoms with Gasteiger partial charge in [-0.15, -0.1) is 0 Å². The zero-order chi connectivity index (χ0) is 23.4. The summed E-state index contributed by atoms with van der Waals surface area (Å²) in [5.74, 6) is 0.670. The van der Waals surface area contributed by atoms with E-state index in [4.69, 9.17) is 39.5 Å². The number of carbonyl (C=O) groups is 1. The van der Waals surface area contributed by atoms with Gasteiger partial charge in [-0.05, 0) is 54.4 Å². The van der Waals surface area contributed by atoms with E-state index in [2.05, 4.69) is 4.90 Å². The largest absolute Gasteiger partial charge is 0.487 e. The van der Waals surface area contributed by atoms with Gasteiger partial charge >= 0.3 is 0 Å². The number of benzene rings is 3. The van der Waals surface area contributed by atoms with Crippen LogP contribution in [0.15, 0.2) is 60.7 Å². The van der Waals surface area contributed by atoms with Crippen molar-refractivity contribution in [3.8, 4) is 5.75 Å². The fraction of sp³-hybridized carbons (Fsp3) is 0.269. The third-order valence-corrected chi connectivity index (χ3v) is 6.78. The number of aryl methyl sites for hydroxylation is 1. The van der Waals surface area contributed by atoms with Crippen LogP contribution in [0.4, 0.5) is 0 Å². The molecule has 1 heterocycles. The Balaban J connectivity index is 1.35. The highest BCUT2D eigenvalue weighted by molar-refractivity contribution is 6.36. The van der Waals surface area contributed by atoms with Gasteiger partial charge in [-0.2, -0.15) is 0 Å². The van der Waals surface area contributed by atoms with Crippen LogP contribution in [0.2, 0.25) is 15.1 Å². The first-order valence-electron chi connectivity index (χ1n) is 10.8. The topological polar surface area (TPSA) is 32.8 Å². The Hall–Kier alpha value is -2.24. The molecule has 0 spiro atoms. The summed E-state index contributed by atoms with van der Waals surface area (Å²) in [5, 5.41) is 1.92. The van der Waals surface area contributed by atoms with Crippen molar-refractivity contribution in [2.45, 2.75) is 20.1 Å². The van der Waals surface area contributed by atoms with Gasteiger partial charge in [-0.1, -0.05) is 59.1 Å². The molecule has 4 nitrogen and oxygen atoms in total. The molecule has 7 heteroatoms. The summed E-state index contributed by atoms with van der Waals surface area (Å²) < 4.78 is 5.89. The van der Waals surface area contributed by atoms with E-state index in [1.165, 1.54) is 0 Å². The van der Waals surface area contributed by atoms with Crippen LogP contribution in [0.25, 0.3) is 0 Å². The maximum atomic E-state index is 13.1. The van der Waals surface area contributed by atoms with E-state index < -0.39 is 0 Å². The van der Waals surface area contributed by atoms with Gasteiger partial charge in [0.25, 0.3) is 5.91 Å². The summed E-state index contributed by atoms with van der Waals surface area (Å²) in [7, 11) is 0. The molecule has 0 radical (unpaired) electrons. The van der Waals surface area contributed by atoms with Crippen LogP contribution in [0, 0.1) is 6.92 Å². The van der Waals surface area contributed by atoms with E-state index in [0.717, 1.165) is 29.8 Å². The second-order valence-electron chi connectivity index (χ2n) is 8.19. The first kappa shape index (κ1) is 23.9. The molecule has 0 aliphatic carbocycles. The normalized spacial score (nSPS) is 14.4. The van der Waals surface area contributed by atoms with Crippen molar-refractivity contribution in [2.75, 3.05) is 26.2 Å². The monoisotopic (exact) mass is 502 g/mol. The molecule has 0 unspecified atom stereocenters. The van der Waals surface area contributed by atoms with Crippen LogP contribution in [0.5, 0.6) is 5.75 Å². The van der Waals surface area contributed by atoms with Crippen LogP contribution in [0.3, 0.4) is 0 Å². The Morgan fingerprint density at radius 1 is 0.879 bits per heavy atom. The van der Waals surface area contributed by atoms with Crippen molar-refractivity contribution in [3.63, 3.8) is 0 Å². The average Bonchev–Trinajstić information content (AvgIpc) is 2.82. The number of hydrogen-bond donors (Lipinski definition) is 0. The summed E-state index contributed by atoms with van der Waals surface area (Å²) in [4.78, 5) is 17.3. The Morgan fingerprint density at radius 3 is 2.30 bits per heavy atom. The van der Waals surface area contributed by atoms with Gasteiger partial charge in [0.2, 0.25) is 0 Å². The van der Waals surface area contributed by atoms with E-state index in [0.29, 0.717) is 52.6 Å². The Kier molecular flexibility index (Phi) is 7.82. The summed E-state index contributed by atoms with van der Waals surface area (Å²) >= 11 is 18.8. The standard InChI is InChI=1S/C26H25Cl3N2O2/c1-18-8-9-24(29)25(14-18)33-17-19-4-2-5-20(15-19)26(32)31-12-10-30(11-13-31)16-21-22(27)6-3-7-23(21)28/h2-9,14-15H,10-13,16-17H2,1H3. The molecular formula is C26H25Cl3N2O2. The fourth-order valence-electron chi connectivity index (χ4n) is 3.88. The van der Waals surface area contributed by atoms with Crippen molar-refractivity contribution in [3.05, 3.63) is 98.0 Å². The van der Waals surface area contributed by atoms with Gasteiger partial charge in [-0.3, -0.25) is 9.69 Å². The SMILES string of the molecule is Cc1ccc(Cl)c(OCc2cccc(C(=O)N3CCN(Cc4c(Cl)cccc4Cl)CC3)c2)c1. The number of rotatable bonds is 6. The quantitative estimate of drug-likeness (QED) is 0.385. The zero-order valence-electron chi connectivity index (χ0n) is 18.4. The Labute approximate surface area is 209 Å². The molecular weight excluding hydrogens is 479 g/mol. The molecule has 0 saturated carbocycles. The van der Waals surface area contributed by atoms with Crippen LogP contribution < -0.4 is 4.74 Å².